The maximum absolute atomic E-state index is 13.3. The summed E-state index contributed by atoms with van der Waals surface area (Å²) in [5.74, 6) is -0.242. The number of aromatic amines is 1. The minimum absolute atomic E-state index is 0.0733. The van der Waals surface area contributed by atoms with Gasteiger partial charge in [0.15, 0.2) is 5.82 Å². The lowest BCUT2D eigenvalue weighted by atomic mass is 10.3. The van der Waals surface area contributed by atoms with Crippen LogP contribution in [0.4, 0.5) is 15.9 Å². The monoisotopic (exact) mass is 317 g/mol. The first-order valence-corrected chi connectivity index (χ1v) is 5.70. The molecule has 1 heterocycles. The van der Waals surface area contributed by atoms with Crippen molar-refractivity contribution in [3.63, 3.8) is 0 Å². The van der Waals surface area contributed by atoms with E-state index < -0.39 is 11.4 Å². The van der Waals surface area contributed by atoms with Crippen molar-refractivity contribution in [2.45, 2.75) is 0 Å². The van der Waals surface area contributed by atoms with Crippen LogP contribution in [0.2, 0.25) is 5.02 Å². The summed E-state index contributed by atoms with van der Waals surface area (Å²) in [7, 11) is 0. The third-order valence-corrected chi connectivity index (χ3v) is 2.97. The van der Waals surface area contributed by atoms with Crippen molar-refractivity contribution in [1.29, 1.82) is 0 Å². The number of nitrogens with one attached hydrogen (secondary N) is 2. The van der Waals surface area contributed by atoms with E-state index in [1.54, 1.807) is 12.1 Å². The maximum Gasteiger partial charge on any atom is 0.271 e. The van der Waals surface area contributed by atoms with E-state index >= 15 is 0 Å². The molecule has 2 rings (SSSR count). The van der Waals surface area contributed by atoms with Crippen molar-refractivity contribution in [3.8, 4) is 0 Å². The molecule has 4 nitrogen and oxygen atoms in total. The Hall–Kier alpha value is -1.40. The van der Waals surface area contributed by atoms with Gasteiger partial charge in [-0.1, -0.05) is 11.6 Å². The lowest BCUT2D eigenvalue weighted by molar-refractivity contribution is 0.622. The standard InChI is InChI=1S/C10H6BrClFN3O/c11-6-2-1-5(3-7(6)13)16-9-8(12)10(17)15-4-14-9/h1-4H,(H2,14,15,16,17). The number of benzene rings is 1. The first-order chi connectivity index (χ1) is 8.08. The maximum atomic E-state index is 13.3. The molecule has 7 heteroatoms. The molecule has 1 aromatic carbocycles. The molecule has 0 spiro atoms. The van der Waals surface area contributed by atoms with Crippen LogP contribution >= 0.6 is 27.5 Å². The summed E-state index contributed by atoms with van der Waals surface area (Å²) in [6, 6.07) is 4.44. The topological polar surface area (TPSA) is 57.8 Å². The number of halogens is 3. The number of aromatic nitrogens is 2. The summed E-state index contributed by atoms with van der Waals surface area (Å²) in [5.41, 5.74) is -0.00699. The van der Waals surface area contributed by atoms with Gasteiger partial charge in [0.1, 0.15) is 10.8 Å². The molecule has 0 amide bonds. The van der Waals surface area contributed by atoms with E-state index in [-0.39, 0.29) is 10.8 Å². The average molecular weight is 319 g/mol. The van der Waals surface area contributed by atoms with Crippen LogP contribution in [0.3, 0.4) is 0 Å². The molecule has 0 fully saturated rings. The van der Waals surface area contributed by atoms with Gasteiger partial charge in [0.2, 0.25) is 0 Å². The molecule has 17 heavy (non-hydrogen) atoms. The Balaban J connectivity index is 2.35. The predicted molar refractivity (Wildman–Crippen MR) is 67.3 cm³/mol. The van der Waals surface area contributed by atoms with Gasteiger partial charge in [0, 0.05) is 5.69 Å². The van der Waals surface area contributed by atoms with Crippen molar-refractivity contribution in [1.82, 2.24) is 9.97 Å². The van der Waals surface area contributed by atoms with Crippen molar-refractivity contribution in [2.75, 3.05) is 5.32 Å². The van der Waals surface area contributed by atoms with Gasteiger partial charge in [-0.3, -0.25) is 4.79 Å². The molecule has 0 radical (unpaired) electrons. The molecule has 0 atom stereocenters. The Bertz CT molecular complexity index is 617. The lowest BCUT2D eigenvalue weighted by Gasteiger charge is -2.06. The Kier molecular flexibility index (Phi) is 3.44. The second-order valence-corrected chi connectivity index (χ2v) is 4.38. The number of hydrogen-bond acceptors (Lipinski definition) is 3. The van der Waals surface area contributed by atoms with Crippen LogP contribution in [0.25, 0.3) is 0 Å². The van der Waals surface area contributed by atoms with Crippen molar-refractivity contribution < 1.29 is 4.39 Å². The summed E-state index contributed by atoms with van der Waals surface area (Å²) in [4.78, 5) is 17.4. The van der Waals surface area contributed by atoms with Gasteiger partial charge in [0.25, 0.3) is 5.56 Å². The molecule has 0 saturated carbocycles. The fraction of sp³-hybridized carbons (Fsp3) is 0. The predicted octanol–water partition coefficient (Wildman–Crippen LogP) is 3.07. The molecule has 0 unspecified atom stereocenters. The van der Waals surface area contributed by atoms with Crippen LogP contribution in [0.15, 0.2) is 33.8 Å². The number of rotatable bonds is 2. The SMILES string of the molecule is O=c1[nH]cnc(Nc2ccc(Br)c(F)c2)c1Cl. The van der Waals surface area contributed by atoms with Gasteiger partial charge >= 0.3 is 0 Å². The van der Waals surface area contributed by atoms with Gasteiger partial charge in [-0.05, 0) is 34.1 Å². The molecular weight excluding hydrogens is 312 g/mol. The van der Waals surface area contributed by atoms with Gasteiger partial charge < -0.3 is 10.3 Å². The fourth-order valence-electron chi connectivity index (χ4n) is 1.18. The first kappa shape index (κ1) is 12.1. The molecule has 0 bridgehead atoms. The van der Waals surface area contributed by atoms with E-state index in [1.807, 2.05) is 0 Å². The van der Waals surface area contributed by atoms with E-state index in [1.165, 1.54) is 12.4 Å². The molecule has 0 saturated heterocycles. The van der Waals surface area contributed by atoms with Crippen molar-refractivity contribution >= 4 is 39.0 Å². The van der Waals surface area contributed by atoms with Crippen LogP contribution in [-0.4, -0.2) is 9.97 Å². The third kappa shape index (κ3) is 2.65. The normalized spacial score (nSPS) is 10.3. The highest BCUT2D eigenvalue weighted by Crippen LogP contribution is 2.23. The third-order valence-electron chi connectivity index (χ3n) is 1.98. The minimum Gasteiger partial charge on any atom is -0.339 e. The van der Waals surface area contributed by atoms with Crippen LogP contribution in [0.5, 0.6) is 0 Å². The molecule has 2 N–H and O–H groups in total. The van der Waals surface area contributed by atoms with E-state index in [4.69, 9.17) is 11.6 Å². The number of nitrogens with zero attached hydrogens (tertiary/aromatic N) is 1. The number of hydrogen-bond donors (Lipinski definition) is 2. The van der Waals surface area contributed by atoms with Crippen LogP contribution in [0, 0.1) is 5.82 Å². The molecule has 0 aliphatic heterocycles. The summed E-state index contributed by atoms with van der Waals surface area (Å²) < 4.78 is 13.6. The van der Waals surface area contributed by atoms with E-state index in [9.17, 15) is 9.18 Å². The highest BCUT2D eigenvalue weighted by Gasteiger charge is 2.07. The Morgan fingerprint density at radius 1 is 1.47 bits per heavy atom. The summed E-state index contributed by atoms with van der Waals surface area (Å²) in [5, 5.41) is 2.68. The zero-order valence-electron chi connectivity index (χ0n) is 8.30. The minimum atomic E-state index is -0.457. The smallest absolute Gasteiger partial charge is 0.271 e. The van der Waals surface area contributed by atoms with E-state index in [0.29, 0.717) is 10.2 Å². The largest absolute Gasteiger partial charge is 0.339 e. The van der Waals surface area contributed by atoms with Gasteiger partial charge in [0.05, 0.1) is 10.8 Å². The van der Waals surface area contributed by atoms with Crippen molar-refractivity contribution in [3.05, 3.63) is 50.2 Å². The van der Waals surface area contributed by atoms with Crippen LogP contribution in [0.1, 0.15) is 0 Å². The van der Waals surface area contributed by atoms with Crippen molar-refractivity contribution in [2.24, 2.45) is 0 Å². The second-order valence-electron chi connectivity index (χ2n) is 3.15. The quantitative estimate of drug-likeness (QED) is 0.894. The van der Waals surface area contributed by atoms with E-state index in [0.717, 1.165) is 0 Å². The molecular formula is C10H6BrClFN3O. The number of anilines is 2. The fourth-order valence-corrected chi connectivity index (χ4v) is 1.58. The second kappa shape index (κ2) is 4.85. The molecule has 2 aromatic rings. The van der Waals surface area contributed by atoms with E-state index in [2.05, 4.69) is 31.2 Å². The summed E-state index contributed by atoms with van der Waals surface area (Å²) in [6.07, 6.45) is 1.21. The molecule has 1 aromatic heterocycles. The van der Waals surface area contributed by atoms with Gasteiger partial charge in [-0.2, -0.15) is 0 Å². The Morgan fingerprint density at radius 2 is 2.24 bits per heavy atom. The van der Waals surface area contributed by atoms with Crippen LogP contribution < -0.4 is 10.9 Å². The summed E-state index contributed by atoms with van der Waals surface area (Å²) >= 11 is 8.78. The molecule has 88 valence electrons. The molecule has 0 aliphatic carbocycles. The Labute approximate surface area is 109 Å². The zero-order chi connectivity index (χ0) is 12.4. The first-order valence-electron chi connectivity index (χ1n) is 4.53. The Morgan fingerprint density at radius 3 is 2.94 bits per heavy atom. The average Bonchev–Trinajstić information content (AvgIpc) is 2.30. The zero-order valence-corrected chi connectivity index (χ0v) is 10.6. The van der Waals surface area contributed by atoms with Crippen LogP contribution in [-0.2, 0) is 0 Å². The van der Waals surface area contributed by atoms with Gasteiger partial charge in [-0.15, -0.1) is 0 Å². The highest BCUT2D eigenvalue weighted by molar-refractivity contribution is 9.10. The van der Waals surface area contributed by atoms with Gasteiger partial charge in [-0.25, -0.2) is 9.37 Å². The lowest BCUT2D eigenvalue weighted by Crippen LogP contribution is -2.09. The molecule has 0 aliphatic rings. The number of H-pyrrole nitrogens is 1. The highest BCUT2D eigenvalue weighted by atomic mass is 79.9. The summed E-state index contributed by atoms with van der Waals surface area (Å²) in [6.45, 7) is 0.